The van der Waals surface area contributed by atoms with Crippen molar-refractivity contribution in [3.63, 3.8) is 0 Å². The molecule has 1 aliphatic rings. The van der Waals surface area contributed by atoms with Crippen molar-refractivity contribution in [2.24, 2.45) is 0 Å². The normalized spacial score (nSPS) is 25.1. The van der Waals surface area contributed by atoms with Crippen LogP contribution in [-0.2, 0) is 0 Å². The summed E-state index contributed by atoms with van der Waals surface area (Å²) in [6, 6.07) is 1.21. The van der Waals surface area contributed by atoms with Crippen molar-refractivity contribution in [2.45, 2.75) is 38.7 Å². The van der Waals surface area contributed by atoms with Crippen LogP contribution in [0.3, 0.4) is 0 Å². The molecule has 0 spiro atoms. The molecule has 0 aliphatic heterocycles. The maximum Gasteiger partial charge on any atom is 0.132 e. The van der Waals surface area contributed by atoms with E-state index < -0.39 is 17.7 Å². The lowest BCUT2D eigenvalue weighted by Gasteiger charge is -2.28. The minimum Gasteiger partial charge on any atom is -0.388 e. The van der Waals surface area contributed by atoms with Crippen LogP contribution in [0.25, 0.3) is 0 Å². The number of hydrogen-bond acceptors (Lipinski definition) is 1. The van der Waals surface area contributed by atoms with Crippen LogP contribution in [0, 0.1) is 18.6 Å². The number of rotatable bonds is 0. The van der Waals surface area contributed by atoms with Gasteiger partial charge in [-0.15, -0.1) is 0 Å². The summed E-state index contributed by atoms with van der Waals surface area (Å²) in [6.45, 7) is 3.38. The number of aryl methyl sites for hydroxylation is 1. The molecule has 1 aliphatic carbocycles. The molecule has 1 N–H and O–H groups in total. The van der Waals surface area contributed by atoms with Crippen LogP contribution in [0.15, 0.2) is 6.07 Å². The molecule has 82 valence electrons. The highest BCUT2D eigenvalue weighted by molar-refractivity contribution is 5.40. The Bertz CT molecular complexity index is 401. The first kappa shape index (κ1) is 10.6. The Balaban J connectivity index is 2.71. The van der Waals surface area contributed by atoms with E-state index in [1.807, 2.05) is 6.92 Å². The zero-order valence-electron chi connectivity index (χ0n) is 8.85. The van der Waals surface area contributed by atoms with Crippen LogP contribution in [-0.4, -0.2) is 5.11 Å². The smallest absolute Gasteiger partial charge is 0.132 e. The number of aliphatic hydroxyl groups is 1. The van der Waals surface area contributed by atoms with Crippen molar-refractivity contribution < 1.29 is 13.9 Å². The fraction of sp³-hybridized carbons (Fsp3) is 0.500. The molecule has 1 nitrogen and oxygen atoms in total. The summed E-state index contributed by atoms with van der Waals surface area (Å²) in [5.74, 6) is -0.862. The van der Waals surface area contributed by atoms with Gasteiger partial charge in [0.2, 0.25) is 0 Å². The average molecular weight is 212 g/mol. The Labute approximate surface area is 87.7 Å². The number of hydrogen-bond donors (Lipinski definition) is 1. The molecule has 0 radical (unpaired) electrons. The van der Waals surface area contributed by atoms with Gasteiger partial charge in [0.25, 0.3) is 0 Å². The second-order valence-corrected chi connectivity index (χ2v) is 4.31. The number of aliphatic hydroxyl groups excluding tert-OH is 1. The van der Waals surface area contributed by atoms with Gasteiger partial charge in [0, 0.05) is 5.56 Å². The summed E-state index contributed by atoms with van der Waals surface area (Å²) in [5, 5.41) is 9.70. The van der Waals surface area contributed by atoms with Crippen molar-refractivity contribution in [3.05, 3.63) is 34.4 Å². The molecule has 0 saturated carbocycles. The van der Waals surface area contributed by atoms with E-state index in [1.54, 1.807) is 0 Å². The van der Waals surface area contributed by atoms with Gasteiger partial charge >= 0.3 is 0 Å². The number of benzene rings is 1. The maximum atomic E-state index is 13.8. The minimum absolute atomic E-state index is 0.0153. The standard InChI is InChI=1S/C12H14F2O/c1-6-3-4-9(15)11-10(6)8(13)5-7(2)12(11)14/h5-6,9,15H,3-4H2,1-2H3. The van der Waals surface area contributed by atoms with Gasteiger partial charge in [-0.2, -0.15) is 0 Å². The van der Waals surface area contributed by atoms with Gasteiger partial charge in [-0.3, -0.25) is 0 Å². The van der Waals surface area contributed by atoms with E-state index >= 15 is 0 Å². The molecule has 3 heteroatoms. The van der Waals surface area contributed by atoms with Crippen molar-refractivity contribution in [2.75, 3.05) is 0 Å². The fourth-order valence-corrected chi connectivity index (χ4v) is 2.31. The lowest BCUT2D eigenvalue weighted by molar-refractivity contribution is 0.145. The van der Waals surface area contributed by atoms with Crippen LogP contribution in [0.4, 0.5) is 8.78 Å². The predicted octanol–water partition coefficient (Wildman–Crippen LogP) is 3.20. The molecular weight excluding hydrogens is 198 g/mol. The molecular formula is C12H14F2O. The molecule has 0 saturated heterocycles. The van der Waals surface area contributed by atoms with Gasteiger partial charge in [0.15, 0.2) is 0 Å². The van der Waals surface area contributed by atoms with E-state index in [2.05, 4.69) is 0 Å². The van der Waals surface area contributed by atoms with Gasteiger partial charge in [0.05, 0.1) is 6.10 Å². The van der Waals surface area contributed by atoms with Crippen LogP contribution in [0.1, 0.15) is 48.5 Å². The summed E-state index contributed by atoms with van der Waals surface area (Å²) in [4.78, 5) is 0. The molecule has 1 aromatic carbocycles. The number of halogens is 2. The van der Waals surface area contributed by atoms with Gasteiger partial charge in [0.1, 0.15) is 11.6 Å². The molecule has 2 unspecified atom stereocenters. The van der Waals surface area contributed by atoms with Gasteiger partial charge in [-0.05, 0) is 42.9 Å². The Morgan fingerprint density at radius 2 is 1.93 bits per heavy atom. The summed E-state index contributed by atoms with van der Waals surface area (Å²) in [6.07, 6.45) is 0.354. The van der Waals surface area contributed by atoms with E-state index in [0.29, 0.717) is 18.4 Å². The molecule has 2 rings (SSSR count). The molecule has 15 heavy (non-hydrogen) atoms. The molecule has 0 fully saturated rings. The Morgan fingerprint density at radius 3 is 2.60 bits per heavy atom. The van der Waals surface area contributed by atoms with Crippen molar-refractivity contribution >= 4 is 0 Å². The van der Waals surface area contributed by atoms with E-state index in [4.69, 9.17) is 0 Å². The highest BCUT2D eigenvalue weighted by atomic mass is 19.1. The van der Waals surface area contributed by atoms with Crippen molar-refractivity contribution in [1.29, 1.82) is 0 Å². The fourth-order valence-electron chi connectivity index (χ4n) is 2.31. The highest BCUT2D eigenvalue weighted by Crippen LogP contribution is 2.40. The van der Waals surface area contributed by atoms with Gasteiger partial charge in [-0.1, -0.05) is 6.92 Å². The third-order valence-electron chi connectivity index (χ3n) is 3.17. The molecule has 0 amide bonds. The maximum absolute atomic E-state index is 13.8. The molecule has 0 heterocycles. The summed E-state index contributed by atoms with van der Waals surface area (Å²) in [7, 11) is 0. The quantitative estimate of drug-likeness (QED) is 0.700. The Morgan fingerprint density at radius 1 is 1.27 bits per heavy atom. The van der Waals surface area contributed by atoms with E-state index in [1.165, 1.54) is 13.0 Å². The first-order valence-corrected chi connectivity index (χ1v) is 5.18. The number of fused-ring (bicyclic) bond motifs is 1. The van der Waals surface area contributed by atoms with E-state index in [9.17, 15) is 13.9 Å². The first-order chi connectivity index (χ1) is 7.02. The molecule has 2 atom stereocenters. The average Bonchev–Trinajstić information content (AvgIpc) is 2.18. The third-order valence-corrected chi connectivity index (χ3v) is 3.17. The van der Waals surface area contributed by atoms with Gasteiger partial charge in [-0.25, -0.2) is 8.78 Å². The predicted molar refractivity (Wildman–Crippen MR) is 53.7 cm³/mol. The van der Waals surface area contributed by atoms with Crippen molar-refractivity contribution in [3.8, 4) is 0 Å². The van der Waals surface area contributed by atoms with E-state index in [-0.39, 0.29) is 17.0 Å². The second kappa shape index (κ2) is 3.56. The molecule has 1 aromatic rings. The largest absolute Gasteiger partial charge is 0.388 e. The van der Waals surface area contributed by atoms with Crippen LogP contribution < -0.4 is 0 Å². The van der Waals surface area contributed by atoms with E-state index in [0.717, 1.165) is 0 Å². The lowest BCUT2D eigenvalue weighted by Crippen LogP contribution is -2.17. The Kier molecular flexibility index (Phi) is 2.51. The minimum atomic E-state index is -0.856. The molecule has 0 bridgehead atoms. The van der Waals surface area contributed by atoms with Gasteiger partial charge < -0.3 is 5.11 Å². The zero-order chi connectivity index (χ0) is 11.2. The lowest BCUT2D eigenvalue weighted by atomic mass is 9.81. The molecule has 0 aromatic heterocycles. The summed E-state index contributed by atoms with van der Waals surface area (Å²) in [5.41, 5.74) is 0.794. The van der Waals surface area contributed by atoms with Crippen LogP contribution in [0.5, 0.6) is 0 Å². The topological polar surface area (TPSA) is 20.2 Å². The Hall–Kier alpha value is -0.960. The first-order valence-electron chi connectivity index (χ1n) is 5.18. The van der Waals surface area contributed by atoms with Crippen LogP contribution in [0.2, 0.25) is 0 Å². The third kappa shape index (κ3) is 1.55. The highest BCUT2D eigenvalue weighted by Gasteiger charge is 2.30. The monoisotopic (exact) mass is 212 g/mol. The zero-order valence-corrected chi connectivity index (χ0v) is 8.85. The second-order valence-electron chi connectivity index (χ2n) is 4.31. The SMILES string of the molecule is Cc1cc(F)c2c(c1F)C(O)CCC2C. The van der Waals surface area contributed by atoms with Crippen molar-refractivity contribution in [1.82, 2.24) is 0 Å². The summed E-state index contributed by atoms with van der Waals surface area (Å²) < 4.78 is 27.4. The van der Waals surface area contributed by atoms with Crippen LogP contribution >= 0.6 is 0 Å². The summed E-state index contributed by atoms with van der Waals surface area (Å²) >= 11 is 0.